The standard InChI is InChI=1S/C20H19FN2O3S/c1-3-23-19(24)16(22-20(23)27)10-13-8-9-17(18(11-13)25-2)26-12-14-6-4-5-7-15(14)21/h4-11H,3,12H2,1-2H3,(H,22,27)/b16-10-. The first kappa shape index (κ1) is 18.8. The Hall–Kier alpha value is -2.93. The van der Waals surface area contributed by atoms with Crippen LogP contribution < -0.4 is 14.8 Å². The van der Waals surface area contributed by atoms with Crippen LogP contribution in [-0.2, 0) is 11.4 Å². The molecule has 2 aromatic rings. The van der Waals surface area contributed by atoms with Crippen LogP contribution in [0.2, 0.25) is 0 Å². The molecule has 1 aliphatic rings. The SMILES string of the molecule is CCN1C(=O)/C(=C/c2ccc(OCc3ccccc3F)c(OC)c2)NC1=S. The minimum Gasteiger partial charge on any atom is -0.493 e. The Morgan fingerprint density at radius 1 is 1.22 bits per heavy atom. The lowest BCUT2D eigenvalue weighted by molar-refractivity contribution is -0.122. The molecule has 0 bridgehead atoms. The lowest BCUT2D eigenvalue weighted by atomic mass is 10.1. The highest BCUT2D eigenvalue weighted by Gasteiger charge is 2.29. The molecule has 1 fully saturated rings. The van der Waals surface area contributed by atoms with Crippen molar-refractivity contribution in [3.8, 4) is 11.5 Å². The van der Waals surface area contributed by atoms with Crippen LogP contribution >= 0.6 is 12.2 Å². The Morgan fingerprint density at radius 3 is 2.67 bits per heavy atom. The number of nitrogens with zero attached hydrogens (tertiary/aromatic N) is 1. The average molecular weight is 386 g/mol. The minimum atomic E-state index is -0.319. The van der Waals surface area contributed by atoms with E-state index in [4.69, 9.17) is 21.7 Å². The van der Waals surface area contributed by atoms with Gasteiger partial charge in [-0.3, -0.25) is 9.69 Å². The zero-order chi connectivity index (χ0) is 19.4. The summed E-state index contributed by atoms with van der Waals surface area (Å²) in [6, 6.07) is 11.7. The third kappa shape index (κ3) is 4.09. The molecule has 5 nitrogen and oxygen atoms in total. The first-order chi connectivity index (χ1) is 13.0. The molecule has 1 amide bonds. The van der Waals surface area contributed by atoms with Crippen molar-refractivity contribution in [1.82, 2.24) is 10.2 Å². The minimum absolute atomic E-state index is 0.0865. The number of rotatable bonds is 6. The number of amides is 1. The van der Waals surface area contributed by atoms with Crippen molar-refractivity contribution in [2.45, 2.75) is 13.5 Å². The summed E-state index contributed by atoms with van der Waals surface area (Å²) in [5.74, 6) is 0.488. The number of thiocarbonyl (C=S) groups is 1. The first-order valence-electron chi connectivity index (χ1n) is 8.42. The number of nitrogens with one attached hydrogen (secondary N) is 1. The topological polar surface area (TPSA) is 50.8 Å². The zero-order valence-corrected chi connectivity index (χ0v) is 15.8. The number of methoxy groups -OCH3 is 1. The summed E-state index contributed by atoms with van der Waals surface area (Å²) in [7, 11) is 1.52. The molecule has 1 N–H and O–H groups in total. The molecule has 0 aliphatic carbocycles. The molecule has 0 saturated carbocycles. The second-order valence-corrected chi connectivity index (χ2v) is 6.21. The molecule has 0 spiro atoms. The van der Waals surface area contributed by atoms with Crippen LogP contribution in [0.1, 0.15) is 18.1 Å². The fourth-order valence-electron chi connectivity index (χ4n) is 2.69. The van der Waals surface area contributed by atoms with E-state index in [2.05, 4.69) is 5.32 Å². The third-order valence-corrected chi connectivity index (χ3v) is 4.44. The van der Waals surface area contributed by atoms with E-state index in [1.165, 1.54) is 18.1 Å². The van der Waals surface area contributed by atoms with E-state index in [0.717, 1.165) is 5.56 Å². The number of carbonyl (C=O) groups excluding carboxylic acids is 1. The second kappa shape index (κ2) is 8.18. The van der Waals surface area contributed by atoms with Crippen LogP contribution in [0.4, 0.5) is 4.39 Å². The molecule has 0 aromatic heterocycles. The lowest BCUT2D eigenvalue weighted by Gasteiger charge is -2.12. The van der Waals surface area contributed by atoms with Crippen molar-refractivity contribution >= 4 is 29.3 Å². The molecule has 1 aliphatic heterocycles. The number of benzene rings is 2. The fourth-order valence-corrected chi connectivity index (χ4v) is 3.01. The smallest absolute Gasteiger partial charge is 0.276 e. The van der Waals surface area contributed by atoms with E-state index in [-0.39, 0.29) is 18.3 Å². The number of likely N-dealkylation sites (N-methyl/N-ethyl adjacent to an activating group) is 1. The van der Waals surface area contributed by atoms with E-state index in [0.29, 0.717) is 34.4 Å². The lowest BCUT2D eigenvalue weighted by Crippen LogP contribution is -2.30. The van der Waals surface area contributed by atoms with Crippen molar-refractivity contribution in [3.05, 3.63) is 65.1 Å². The Balaban J connectivity index is 1.79. The van der Waals surface area contributed by atoms with Gasteiger partial charge in [0.05, 0.1) is 7.11 Å². The summed E-state index contributed by atoms with van der Waals surface area (Å²) in [4.78, 5) is 13.8. The Labute approximate surface area is 162 Å². The summed E-state index contributed by atoms with van der Waals surface area (Å²) in [6.07, 6.45) is 1.70. The summed E-state index contributed by atoms with van der Waals surface area (Å²) in [5, 5.41) is 3.31. The monoisotopic (exact) mass is 386 g/mol. The van der Waals surface area contributed by atoms with E-state index < -0.39 is 0 Å². The van der Waals surface area contributed by atoms with Gasteiger partial charge in [-0.25, -0.2) is 4.39 Å². The van der Waals surface area contributed by atoms with E-state index in [1.807, 2.05) is 6.92 Å². The van der Waals surface area contributed by atoms with Gasteiger partial charge in [-0.05, 0) is 49.0 Å². The molecule has 2 aromatic carbocycles. The normalized spacial score (nSPS) is 15.2. The highest BCUT2D eigenvalue weighted by atomic mass is 32.1. The summed E-state index contributed by atoms with van der Waals surface area (Å²) >= 11 is 5.15. The molecule has 3 rings (SSSR count). The van der Waals surface area contributed by atoms with Gasteiger partial charge in [0.25, 0.3) is 5.91 Å². The predicted molar refractivity (Wildman–Crippen MR) is 105 cm³/mol. The van der Waals surface area contributed by atoms with Gasteiger partial charge in [-0.2, -0.15) is 0 Å². The highest BCUT2D eigenvalue weighted by Crippen LogP contribution is 2.30. The maximum Gasteiger partial charge on any atom is 0.276 e. The number of halogens is 1. The first-order valence-corrected chi connectivity index (χ1v) is 8.83. The summed E-state index contributed by atoms with van der Waals surface area (Å²) in [6.45, 7) is 2.46. The average Bonchev–Trinajstić information content (AvgIpc) is 2.94. The second-order valence-electron chi connectivity index (χ2n) is 5.83. The van der Waals surface area contributed by atoms with Gasteiger partial charge in [0, 0.05) is 12.1 Å². The van der Waals surface area contributed by atoms with Crippen LogP contribution in [0.3, 0.4) is 0 Å². The molecular weight excluding hydrogens is 367 g/mol. The molecule has 0 atom stereocenters. The van der Waals surface area contributed by atoms with Gasteiger partial charge in [-0.1, -0.05) is 24.3 Å². The van der Waals surface area contributed by atoms with Crippen molar-refractivity contribution in [1.29, 1.82) is 0 Å². The maximum absolute atomic E-state index is 13.7. The number of ether oxygens (including phenoxy) is 2. The van der Waals surface area contributed by atoms with Crippen molar-refractivity contribution < 1.29 is 18.7 Å². The number of hydrogen-bond acceptors (Lipinski definition) is 4. The van der Waals surface area contributed by atoms with Gasteiger partial charge < -0.3 is 14.8 Å². The van der Waals surface area contributed by atoms with Gasteiger partial charge in [0.2, 0.25) is 0 Å². The molecule has 1 saturated heterocycles. The van der Waals surface area contributed by atoms with Crippen molar-refractivity contribution in [2.24, 2.45) is 0 Å². The van der Waals surface area contributed by atoms with E-state index >= 15 is 0 Å². The van der Waals surface area contributed by atoms with Gasteiger partial charge >= 0.3 is 0 Å². The van der Waals surface area contributed by atoms with Crippen molar-refractivity contribution in [2.75, 3.05) is 13.7 Å². The Morgan fingerprint density at radius 2 is 2.00 bits per heavy atom. The zero-order valence-electron chi connectivity index (χ0n) is 15.0. The van der Waals surface area contributed by atoms with Crippen LogP contribution in [-0.4, -0.2) is 29.6 Å². The largest absolute Gasteiger partial charge is 0.493 e. The highest BCUT2D eigenvalue weighted by molar-refractivity contribution is 7.80. The van der Waals surface area contributed by atoms with Crippen LogP contribution in [0.25, 0.3) is 6.08 Å². The Bertz CT molecular complexity index is 914. The third-order valence-electron chi connectivity index (χ3n) is 4.12. The summed E-state index contributed by atoms with van der Waals surface area (Å²) in [5.41, 5.74) is 1.62. The molecule has 1 heterocycles. The van der Waals surface area contributed by atoms with Crippen LogP contribution in [0.5, 0.6) is 11.5 Å². The molecule has 140 valence electrons. The molecule has 0 radical (unpaired) electrons. The quantitative estimate of drug-likeness (QED) is 0.608. The predicted octanol–water partition coefficient (Wildman–Crippen LogP) is 3.49. The van der Waals surface area contributed by atoms with E-state index in [1.54, 1.807) is 42.5 Å². The Kier molecular flexibility index (Phi) is 5.71. The molecule has 7 heteroatoms. The maximum atomic E-state index is 13.7. The molecular formula is C20H19FN2O3S. The van der Waals surface area contributed by atoms with Gasteiger partial charge in [0.15, 0.2) is 16.6 Å². The summed E-state index contributed by atoms with van der Waals surface area (Å²) < 4.78 is 24.8. The fraction of sp³-hybridized carbons (Fsp3) is 0.200. The van der Waals surface area contributed by atoms with Crippen LogP contribution in [0.15, 0.2) is 48.2 Å². The van der Waals surface area contributed by atoms with Crippen LogP contribution in [0, 0.1) is 5.82 Å². The number of hydrogen-bond donors (Lipinski definition) is 1. The van der Waals surface area contributed by atoms with Crippen molar-refractivity contribution in [3.63, 3.8) is 0 Å². The number of carbonyl (C=O) groups is 1. The van der Waals surface area contributed by atoms with Gasteiger partial charge in [0.1, 0.15) is 18.1 Å². The van der Waals surface area contributed by atoms with E-state index in [9.17, 15) is 9.18 Å². The van der Waals surface area contributed by atoms with Gasteiger partial charge in [-0.15, -0.1) is 0 Å². The molecule has 0 unspecified atom stereocenters. The molecule has 27 heavy (non-hydrogen) atoms.